The smallest absolute Gasteiger partial charge is 0.216 e. The maximum absolute atomic E-state index is 11.4. The third kappa shape index (κ3) is 1.49. The first-order chi connectivity index (χ1) is 7.06. The second-order valence-electron chi connectivity index (χ2n) is 4.31. The standard InChI is InChI=1S/C12H13NO2/c1-12(2)9-6-4-3-5-8(9)11(13-12)10(15)7-14/h3-7,11,13H,1-2H3. The van der Waals surface area contributed by atoms with Gasteiger partial charge in [-0.3, -0.25) is 14.9 Å². The van der Waals surface area contributed by atoms with Crippen molar-refractivity contribution in [3.8, 4) is 0 Å². The highest BCUT2D eigenvalue weighted by Crippen LogP contribution is 2.36. The van der Waals surface area contributed by atoms with Crippen LogP contribution in [0.1, 0.15) is 31.0 Å². The number of Topliss-reactive ketones (excluding diaryl/α,β-unsaturated/α-hetero) is 1. The minimum Gasteiger partial charge on any atom is -0.295 e. The number of rotatable bonds is 2. The first-order valence-corrected chi connectivity index (χ1v) is 4.92. The van der Waals surface area contributed by atoms with Crippen LogP contribution in [0.5, 0.6) is 0 Å². The van der Waals surface area contributed by atoms with Gasteiger partial charge in [-0.15, -0.1) is 0 Å². The molecule has 0 spiro atoms. The average molecular weight is 203 g/mol. The molecule has 1 aliphatic rings. The number of hydrogen-bond donors (Lipinski definition) is 1. The highest BCUT2D eigenvalue weighted by molar-refractivity contribution is 6.27. The van der Waals surface area contributed by atoms with Crippen LogP contribution in [0.4, 0.5) is 0 Å². The van der Waals surface area contributed by atoms with Crippen LogP contribution in [0.25, 0.3) is 0 Å². The number of benzene rings is 1. The van der Waals surface area contributed by atoms with E-state index in [0.717, 1.165) is 11.1 Å². The van der Waals surface area contributed by atoms with E-state index in [-0.39, 0.29) is 5.54 Å². The van der Waals surface area contributed by atoms with E-state index in [2.05, 4.69) is 5.32 Å². The van der Waals surface area contributed by atoms with Gasteiger partial charge in [0.2, 0.25) is 5.78 Å². The topological polar surface area (TPSA) is 46.2 Å². The molecule has 15 heavy (non-hydrogen) atoms. The zero-order valence-electron chi connectivity index (χ0n) is 8.78. The van der Waals surface area contributed by atoms with E-state index >= 15 is 0 Å². The van der Waals surface area contributed by atoms with Crippen LogP contribution in [0.2, 0.25) is 0 Å². The van der Waals surface area contributed by atoms with Crippen molar-refractivity contribution < 1.29 is 9.59 Å². The Morgan fingerprint density at radius 3 is 2.73 bits per heavy atom. The molecule has 0 amide bonds. The van der Waals surface area contributed by atoms with Crippen molar-refractivity contribution in [2.75, 3.05) is 0 Å². The van der Waals surface area contributed by atoms with Gasteiger partial charge >= 0.3 is 0 Å². The number of aldehydes is 1. The van der Waals surface area contributed by atoms with E-state index in [1.165, 1.54) is 0 Å². The van der Waals surface area contributed by atoms with E-state index in [1.54, 1.807) is 0 Å². The molecule has 0 fully saturated rings. The normalized spacial score (nSPS) is 22.1. The van der Waals surface area contributed by atoms with E-state index in [0.29, 0.717) is 6.29 Å². The van der Waals surface area contributed by atoms with Crippen LogP contribution in [0.15, 0.2) is 24.3 Å². The van der Waals surface area contributed by atoms with Crippen molar-refractivity contribution in [1.82, 2.24) is 5.32 Å². The maximum Gasteiger partial charge on any atom is 0.216 e. The molecule has 78 valence electrons. The number of ketones is 1. The van der Waals surface area contributed by atoms with Gasteiger partial charge < -0.3 is 0 Å². The molecule has 1 heterocycles. The fourth-order valence-electron chi connectivity index (χ4n) is 2.13. The van der Waals surface area contributed by atoms with Crippen molar-refractivity contribution in [2.45, 2.75) is 25.4 Å². The predicted octanol–water partition coefficient (Wildman–Crippen LogP) is 1.33. The molecule has 2 rings (SSSR count). The molecule has 0 aliphatic carbocycles. The van der Waals surface area contributed by atoms with Crippen molar-refractivity contribution >= 4 is 12.1 Å². The van der Waals surface area contributed by atoms with Crippen molar-refractivity contribution in [2.24, 2.45) is 0 Å². The fraction of sp³-hybridized carbons (Fsp3) is 0.333. The largest absolute Gasteiger partial charge is 0.295 e. The molecule has 1 aliphatic heterocycles. The first kappa shape index (κ1) is 10.1. The number of carbonyl (C=O) groups is 2. The lowest BCUT2D eigenvalue weighted by molar-refractivity contribution is -0.131. The molecule has 3 nitrogen and oxygen atoms in total. The minimum atomic E-state index is -0.478. The third-order valence-corrected chi connectivity index (χ3v) is 2.85. The molecule has 3 heteroatoms. The summed E-state index contributed by atoms with van der Waals surface area (Å²) in [5, 5.41) is 3.17. The van der Waals surface area contributed by atoms with Gasteiger partial charge in [0.15, 0.2) is 6.29 Å². The van der Waals surface area contributed by atoms with Crippen LogP contribution in [0.3, 0.4) is 0 Å². The molecule has 1 N–H and O–H groups in total. The van der Waals surface area contributed by atoms with Gasteiger partial charge in [-0.05, 0) is 25.0 Å². The SMILES string of the molecule is CC1(C)NC(C(=O)C=O)c2ccccc21. The number of nitrogens with one attached hydrogen (secondary N) is 1. The van der Waals surface area contributed by atoms with E-state index < -0.39 is 11.8 Å². The summed E-state index contributed by atoms with van der Waals surface area (Å²) >= 11 is 0. The Kier molecular flexibility index (Phi) is 2.20. The molecule has 1 aromatic carbocycles. The quantitative estimate of drug-likeness (QED) is 0.582. The molecular formula is C12H13NO2. The van der Waals surface area contributed by atoms with E-state index in [4.69, 9.17) is 0 Å². The van der Waals surface area contributed by atoms with Crippen molar-refractivity contribution in [3.05, 3.63) is 35.4 Å². The summed E-state index contributed by atoms with van der Waals surface area (Å²) in [6.07, 6.45) is 0.385. The Morgan fingerprint density at radius 2 is 2.07 bits per heavy atom. The van der Waals surface area contributed by atoms with Gasteiger partial charge in [-0.1, -0.05) is 24.3 Å². The van der Waals surface area contributed by atoms with Gasteiger partial charge in [-0.25, -0.2) is 0 Å². The van der Waals surface area contributed by atoms with Gasteiger partial charge in [0.25, 0.3) is 0 Å². The molecular weight excluding hydrogens is 190 g/mol. The Balaban J connectivity index is 2.51. The van der Waals surface area contributed by atoms with Gasteiger partial charge in [0.05, 0.1) is 0 Å². The molecule has 0 radical (unpaired) electrons. The third-order valence-electron chi connectivity index (χ3n) is 2.85. The van der Waals surface area contributed by atoms with Crippen LogP contribution >= 0.6 is 0 Å². The van der Waals surface area contributed by atoms with Crippen LogP contribution in [-0.4, -0.2) is 12.1 Å². The predicted molar refractivity (Wildman–Crippen MR) is 56.4 cm³/mol. The summed E-state index contributed by atoms with van der Waals surface area (Å²) in [6.45, 7) is 4.01. The molecule has 1 aromatic rings. The summed E-state index contributed by atoms with van der Waals surface area (Å²) in [5.74, 6) is -0.409. The summed E-state index contributed by atoms with van der Waals surface area (Å²) in [6, 6.07) is 7.22. The lowest BCUT2D eigenvalue weighted by Crippen LogP contribution is -2.35. The Bertz CT molecular complexity index is 423. The number of fused-ring (bicyclic) bond motifs is 1. The Labute approximate surface area is 88.5 Å². The van der Waals surface area contributed by atoms with E-state index in [1.807, 2.05) is 38.1 Å². The molecule has 0 saturated heterocycles. The summed E-state index contributed by atoms with van der Waals surface area (Å²) < 4.78 is 0. The number of carbonyl (C=O) groups excluding carboxylic acids is 2. The number of hydrogen-bond acceptors (Lipinski definition) is 3. The second-order valence-corrected chi connectivity index (χ2v) is 4.31. The highest BCUT2D eigenvalue weighted by atomic mass is 16.2. The zero-order chi connectivity index (χ0) is 11.1. The second kappa shape index (κ2) is 3.28. The monoisotopic (exact) mass is 203 g/mol. The van der Waals surface area contributed by atoms with Crippen LogP contribution in [0, 0.1) is 0 Å². The van der Waals surface area contributed by atoms with Gasteiger partial charge in [-0.2, -0.15) is 0 Å². The Hall–Kier alpha value is -1.48. The molecule has 0 saturated carbocycles. The lowest BCUT2D eigenvalue weighted by atomic mass is 9.93. The van der Waals surface area contributed by atoms with Crippen LogP contribution < -0.4 is 5.32 Å². The Morgan fingerprint density at radius 1 is 1.40 bits per heavy atom. The highest BCUT2D eigenvalue weighted by Gasteiger charge is 2.38. The van der Waals surface area contributed by atoms with Crippen molar-refractivity contribution in [3.63, 3.8) is 0 Å². The summed E-state index contributed by atoms with van der Waals surface area (Å²) in [4.78, 5) is 22.0. The fourth-order valence-corrected chi connectivity index (χ4v) is 2.13. The lowest BCUT2D eigenvalue weighted by Gasteiger charge is -2.20. The van der Waals surface area contributed by atoms with Gasteiger partial charge in [0, 0.05) is 5.54 Å². The zero-order valence-corrected chi connectivity index (χ0v) is 8.78. The summed E-state index contributed by atoms with van der Waals surface area (Å²) in [7, 11) is 0. The molecule has 1 atom stereocenters. The van der Waals surface area contributed by atoms with Crippen molar-refractivity contribution in [1.29, 1.82) is 0 Å². The maximum atomic E-state index is 11.4. The molecule has 1 unspecified atom stereocenters. The summed E-state index contributed by atoms with van der Waals surface area (Å²) in [5.41, 5.74) is 1.75. The average Bonchev–Trinajstić information content (AvgIpc) is 2.51. The molecule has 0 aromatic heterocycles. The van der Waals surface area contributed by atoms with Gasteiger partial charge in [0.1, 0.15) is 6.04 Å². The van der Waals surface area contributed by atoms with Crippen LogP contribution in [-0.2, 0) is 15.1 Å². The molecule has 0 bridgehead atoms. The first-order valence-electron chi connectivity index (χ1n) is 4.92. The van der Waals surface area contributed by atoms with E-state index in [9.17, 15) is 9.59 Å². The minimum absolute atomic E-state index is 0.250.